The molecule has 2 rings (SSSR count). The Bertz CT molecular complexity index is 545. The molecular formula is C17H23NO3. The van der Waals surface area contributed by atoms with Crippen LogP contribution >= 0.6 is 0 Å². The Hall–Kier alpha value is -1.84. The Morgan fingerprint density at radius 1 is 1.38 bits per heavy atom. The molecule has 1 aromatic carbocycles. The number of fused-ring (bicyclic) bond motifs is 1. The minimum Gasteiger partial charge on any atom is -0.444 e. The summed E-state index contributed by atoms with van der Waals surface area (Å²) < 4.78 is 5.46. The molecule has 0 saturated heterocycles. The highest BCUT2D eigenvalue weighted by Gasteiger charge is 2.27. The van der Waals surface area contributed by atoms with Crippen LogP contribution in [0.3, 0.4) is 0 Å². The van der Waals surface area contributed by atoms with Gasteiger partial charge in [-0.2, -0.15) is 0 Å². The Morgan fingerprint density at radius 2 is 2.10 bits per heavy atom. The highest BCUT2D eigenvalue weighted by atomic mass is 16.6. The van der Waals surface area contributed by atoms with E-state index in [2.05, 4.69) is 6.92 Å². The van der Waals surface area contributed by atoms with Crippen LogP contribution in [-0.4, -0.2) is 36.0 Å². The highest BCUT2D eigenvalue weighted by Crippen LogP contribution is 2.27. The molecule has 1 aliphatic heterocycles. The number of aldehydes is 1. The smallest absolute Gasteiger partial charge is 0.410 e. The van der Waals surface area contributed by atoms with E-state index in [4.69, 9.17) is 4.74 Å². The first kappa shape index (κ1) is 15.5. The van der Waals surface area contributed by atoms with E-state index in [-0.39, 0.29) is 12.0 Å². The quantitative estimate of drug-likeness (QED) is 0.744. The number of rotatable bonds is 1. The van der Waals surface area contributed by atoms with Crippen molar-refractivity contribution in [2.75, 3.05) is 13.1 Å². The lowest BCUT2D eigenvalue weighted by atomic mass is 9.94. The third-order valence-corrected chi connectivity index (χ3v) is 3.63. The van der Waals surface area contributed by atoms with Gasteiger partial charge in [-0.15, -0.1) is 0 Å². The first-order valence-electron chi connectivity index (χ1n) is 7.36. The van der Waals surface area contributed by atoms with Crippen LogP contribution in [0.15, 0.2) is 18.2 Å². The number of benzene rings is 1. The third-order valence-electron chi connectivity index (χ3n) is 3.63. The first-order chi connectivity index (χ1) is 9.80. The minimum absolute atomic E-state index is 0.190. The van der Waals surface area contributed by atoms with E-state index in [9.17, 15) is 9.59 Å². The Morgan fingerprint density at radius 3 is 2.71 bits per heavy atom. The van der Waals surface area contributed by atoms with E-state index < -0.39 is 5.60 Å². The summed E-state index contributed by atoms with van der Waals surface area (Å²) >= 11 is 0. The molecule has 4 nitrogen and oxygen atoms in total. The molecule has 21 heavy (non-hydrogen) atoms. The zero-order chi connectivity index (χ0) is 15.6. The largest absolute Gasteiger partial charge is 0.444 e. The summed E-state index contributed by atoms with van der Waals surface area (Å²) in [6, 6.07) is 5.77. The molecule has 0 aliphatic carbocycles. The molecule has 114 valence electrons. The molecule has 1 amide bonds. The molecule has 4 heteroatoms. The summed E-state index contributed by atoms with van der Waals surface area (Å²) in [6.07, 6.45) is 1.39. The van der Waals surface area contributed by atoms with Gasteiger partial charge >= 0.3 is 6.09 Å². The molecule has 1 aliphatic rings. The summed E-state index contributed by atoms with van der Waals surface area (Å²) in [5.74, 6) is 0.190. The summed E-state index contributed by atoms with van der Waals surface area (Å²) in [7, 11) is 0. The molecule has 0 spiro atoms. The van der Waals surface area contributed by atoms with Gasteiger partial charge in [-0.05, 0) is 50.3 Å². The fraction of sp³-hybridized carbons (Fsp3) is 0.529. The second-order valence-corrected chi connectivity index (χ2v) is 6.65. The fourth-order valence-electron chi connectivity index (χ4n) is 2.64. The van der Waals surface area contributed by atoms with Crippen LogP contribution in [0, 0.1) is 0 Å². The van der Waals surface area contributed by atoms with Crippen LogP contribution in [0.5, 0.6) is 0 Å². The van der Waals surface area contributed by atoms with Crippen molar-refractivity contribution in [1.82, 2.24) is 4.90 Å². The van der Waals surface area contributed by atoms with E-state index in [0.29, 0.717) is 18.7 Å². The molecule has 0 saturated carbocycles. The molecule has 1 unspecified atom stereocenters. The molecule has 0 bridgehead atoms. The van der Waals surface area contributed by atoms with Gasteiger partial charge in [-0.3, -0.25) is 4.79 Å². The number of nitrogens with zero attached hydrogens (tertiary/aromatic N) is 1. The lowest BCUT2D eigenvalue weighted by Gasteiger charge is -2.27. The minimum atomic E-state index is -0.482. The SMILES string of the molecule is CC1CN(C(=O)OC(C)(C)C)CCc2ccc(C=O)cc21. The van der Waals surface area contributed by atoms with Crippen LogP contribution in [0.2, 0.25) is 0 Å². The van der Waals surface area contributed by atoms with Crippen molar-refractivity contribution < 1.29 is 14.3 Å². The second kappa shape index (κ2) is 5.88. The van der Waals surface area contributed by atoms with Gasteiger partial charge in [0.25, 0.3) is 0 Å². The van der Waals surface area contributed by atoms with Crippen molar-refractivity contribution >= 4 is 12.4 Å². The van der Waals surface area contributed by atoms with Crippen molar-refractivity contribution in [3.05, 3.63) is 34.9 Å². The van der Waals surface area contributed by atoms with E-state index in [1.807, 2.05) is 39.0 Å². The van der Waals surface area contributed by atoms with Crippen LogP contribution in [0.4, 0.5) is 4.79 Å². The van der Waals surface area contributed by atoms with Crippen molar-refractivity contribution in [2.45, 2.75) is 45.6 Å². The van der Waals surface area contributed by atoms with Crippen molar-refractivity contribution in [1.29, 1.82) is 0 Å². The topological polar surface area (TPSA) is 46.6 Å². The zero-order valence-electron chi connectivity index (χ0n) is 13.2. The third kappa shape index (κ3) is 3.84. The molecular weight excluding hydrogens is 266 g/mol. The van der Waals surface area contributed by atoms with Gasteiger partial charge in [0.2, 0.25) is 0 Å². The Balaban J connectivity index is 2.17. The predicted octanol–water partition coefficient (Wildman–Crippen LogP) is 3.40. The fourth-order valence-corrected chi connectivity index (χ4v) is 2.64. The van der Waals surface area contributed by atoms with Gasteiger partial charge in [-0.25, -0.2) is 4.79 Å². The van der Waals surface area contributed by atoms with Crippen LogP contribution < -0.4 is 0 Å². The van der Waals surface area contributed by atoms with Gasteiger partial charge in [0.15, 0.2) is 0 Å². The molecule has 0 N–H and O–H groups in total. The van der Waals surface area contributed by atoms with E-state index in [0.717, 1.165) is 18.3 Å². The van der Waals surface area contributed by atoms with Gasteiger partial charge in [-0.1, -0.05) is 19.1 Å². The van der Waals surface area contributed by atoms with Crippen molar-refractivity contribution in [3.63, 3.8) is 0 Å². The monoisotopic (exact) mass is 289 g/mol. The number of carbonyl (C=O) groups is 2. The summed E-state index contributed by atoms with van der Waals surface area (Å²) in [5, 5.41) is 0. The molecule has 0 aromatic heterocycles. The molecule has 0 radical (unpaired) electrons. The van der Waals surface area contributed by atoms with Gasteiger partial charge < -0.3 is 9.64 Å². The van der Waals surface area contributed by atoms with Gasteiger partial charge in [0.1, 0.15) is 11.9 Å². The standard InChI is InChI=1S/C17H23NO3/c1-12-10-18(16(20)21-17(2,3)4)8-7-14-6-5-13(11-19)9-15(12)14/h5-6,9,11-12H,7-8,10H2,1-4H3. The molecule has 1 heterocycles. The molecule has 1 atom stereocenters. The van der Waals surface area contributed by atoms with E-state index >= 15 is 0 Å². The van der Waals surface area contributed by atoms with Crippen molar-refractivity contribution in [2.24, 2.45) is 0 Å². The number of hydrogen-bond donors (Lipinski definition) is 0. The number of ether oxygens (including phenoxy) is 1. The lowest BCUT2D eigenvalue weighted by Crippen LogP contribution is -2.38. The molecule has 0 fully saturated rings. The van der Waals surface area contributed by atoms with E-state index in [1.165, 1.54) is 5.56 Å². The molecule has 1 aromatic rings. The lowest BCUT2D eigenvalue weighted by molar-refractivity contribution is 0.0248. The highest BCUT2D eigenvalue weighted by molar-refractivity contribution is 5.75. The maximum atomic E-state index is 12.2. The average molecular weight is 289 g/mol. The van der Waals surface area contributed by atoms with Gasteiger partial charge in [0, 0.05) is 18.7 Å². The number of carbonyl (C=O) groups excluding carboxylic acids is 2. The summed E-state index contributed by atoms with van der Waals surface area (Å²) in [5.41, 5.74) is 2.57. The first-order valence-corrected chi connectivity index (χ1v) is 7.36. The van der Waals surface area contributed by atoms with Crippen LogP contribution in [-0.2, 0) is 11.2 Å². The maximum Gasteiger partial charge on any atom is 0.410 e. The zero-order valence-corrected chi connectivity index (χ0v) is 13.2. The van der Waals surface area contributed by atoms with Crippen molar-refractivity contribution in [3.8, 4) is 0 Å². The Kier molecular flexibility index (Phi) is 4.35. The summed E-state index contributed by atoms with van der Waals surface area (Å²) in [4.78, 5) is 24.9. The van der Waals surface area contributed by atoms with Crippen LogP contribution in [0.25, 0.3) is 0 Å². The maximum absolute atomic E-state index is 12.2. The normalized spacial score (nSPS) is 18.7. The number of amides is 1. The summed E-state index contributed by atoms with van der Waals surface area (Å²) in [6.45, 7) is 8.96. The van der Waals surface area contributed by atoms with Gasteiger partial charge in [0.05, 0.1) is 0 Å². The average Bonchev–Trinajstić information content (AvgIpc) is 2.56. The second-order valence-electron chi connectivity index (χ2n) is 6.65. The number of hydrogen-bond acceptors (Lipinski definition) is 3. The predicted molar refractivity (Wildman–Crippen MR) is 81.8 cm³/mol. The van der Waals surface area contributed by atoms with Crippen LogP contribution in [0.1, 0.15) is 55.1 Å². The Labute approximate surface area is 126 Å². The van der Waals surface area contributed by atoms with E-state index in [1.54, 1.807) is 4.90 Å².